The third-order valence-electron chi connectivity index (χ3n) is 3.28. The van der Waals surface area contributed by atoms with E-state index in [0.29, 0.717) is 6.61 Å². The maximum Gasteiger partial charge on any atom is 0.314 e. The molecule has 3 aliphatic heterocycles. The first kappa shape index (κ1) is 10.5. The summed E-state index contributed by atoms with van der Waals surface area (Å²) in [6, 6.07) is 0. The van der Waals surface area contributed by atoms with E-state index in [9.17, 15) is 4.79 Å². The Labute approximate surface area is 94.0 Å². The molecule has 5 heteroatoms. The molecule has 0 N–H and O–H groups in total. The van der Waals surface area contributed by atoms with Crippen molar-refractivity contribution in [3.8, 4) is 0 Å². The summed E-state index contributed by atoms with van der Waals surface area (Å²) in [5.41, 5.74) is 0. The molecule has 0 unspecified atom stereocenters. The zero-order chi connectivity index (χ0) is 11.2. The molecule has 4 fully saturated rings. The van der Waals surface area contributed by atoms with Crippen LogP contribution in [0.15, 0.2) is 0 Å². The molecule has 4 aliphatic rings. The van der Waals surface area contributed by atoms with E-state index in [4.69, 9.17) is 18.9 Å². The van der Waals surface area contributed by atoms with E-state index >= 15 is 0 Å². The Morgan fingerprint density at radius 2 is 1.69 bits per heavy atom. The molecule has 90 valence electrons. The van der Waals surface area contributed by atoms with Gasteiger partial charge in [0.15, 0.2) is 0 Å². The van der Waals surface area contributed by atoms with Gasteiger partial charge in [0.2, 0.25) is 0 Å². The highest BCUT2D eigenvalue weighted by Gasteiger charge is 2.55. The molecule has 0 aromatic rings. The van der Waals surface area contributed by atoms with Gasteiger partial charge in [-0.15, -0.1) is 0 Å². The van der Waals surface area contributed by atoms with Crippen molar-refractivity contribution in [2.75, 3.05) is 6.61 Å². The van der Waals surface area contributed by atoms with Gasteiger partial charge in [-0.2, -0.15) is 0 Å². The van der Waals surface area contributed by atoms with E-state index in [1.807, 2.05) is 0 Å². The zero-order valence-electron chi connectivity index (χ0n) is 9.31. The van der Waals surface area contributed by atoms with E-state index < -0.39 is 5.97 Å². The second-order valence-corrected chi connectivity index (χ2v) is 4.59. The number of hydrogen-bond donors (Lipinski definition) is 0. The monoisotopic (exact) mass is 228 g/mol. The predicted molar refractivity (Wildman–Crippen MR) is 52.5 cm³/mol. The minimum atomic E-state index is -1.15. The molecule has 4 bridgehead atoms. The molecule has 5 nitrogen and oxygen atoms in total. The molecule has 0 spiro atoms. The number of carbonyl (C=O) groups is 1. The second-order valence-electron chi connectivity index (χ2n) is 4.59. The lowest BCUT2D eigenvalue weighted by Gasteiger charge is -2.54. The van der Waals surface area contributed by atoms with Crippen molar-refractivity contribution in [3.05, 3.63) is 0 Å². The Kier molecular flexibility index (Phi) is 2.42. The lowest BCUT2D eigenvalue weighted by atomic mass is 9.89. The zero-order valence-corrected chi connectivity index (χ0v) is 9.31. The van der Waals surface area contributed by atoms with Gasteiger partial charge in [-0.25, -0.2) is 0 Å². The fraction of sp³-hybridized carbons (Fsp3) is 0.909. The lowest BCUT2D eigenvalue weighted by Crippen LogP contribution is -2.62. The molecular formula is C11H16O5. The Hall–Kier alpha value is -0.650. The largest absolute Gasteiger partial charge is 0.466 e. The number of hydrogen-bond acceptors (Lipinski definition) is 5. The van der Waals surface area contributed by atoms with Crippen LogP contribution in [0.4, 0.5) is 0 Å². The molecule has 16 heavy (non-hydrogen) atoms. The normalized spacial score (nSPS) is 44.7. The van der Waals surface area contributed by atoms with E-state index in [1.54, 1.807) is 6.92 Å². The molecule has 0 radical (unpaired) electrons. The summed E-state index contributed by atoms with van der Waals surface area (Å²) in [6.07, 6.45) is 3.34. The van der Waals surface area contributed by atoms with E-state index in [0.717, 1.165) is 19.3 Å². The summed E-state index contributed by atoms with van der Waals surface area (Å²) < 4.78 is 21.9. The van der Waals surface area contributed by atoms with Crippen LogP contribution in [0.2, 0.25) is 0 Å². The SMILES string of the molecule is CCOC(=O)CC12OC3CC(CC(C3)O1)O2. The molecule has 4 rings (SSSR count). The van der Waals surface area contributed by atoms with Crippen molar-refractivity contribution < 1.29 is 23.7 Å². The summed E-state index contributed by atoms with van der Waals surface area (Å²) in [6.45, 7) is 2.14. The van der Waals surface area contributed by atoms with Gasteiger partial charge in [0.1, 0.15) is 6.42 Å². The van der Waals surface area contributed by atoms with Crippen LogP contribution in [-0.4, -0.2) is 36.9 Å². The van der Waals surface area contributed by atoms with Crippen LogP contribution in [-0.2, 0) is 23.7 Å². The average molecular weight is 228 g/mol. The molecule has 3 heterocycles. The van der Waals surface area contributed by atoms with Crippen LogP contribution in [0.1, 0.15) is 32.6 Å². The van der Waals surface area contributed by atoms with Gasteiger partial charge in [0.05, 0.1) is 24.9 Å². The highest BCUT2D eigenvalue weighted by molar-refractivity contribution is 5.70. The quantitative estimate of drug-likeness (QED) is 0.673. The third kappa shape index (κ3) is 1.73. The molecule has 3 saturated heterocycles. The number of ether oxygens (including phenoxy) is 4. The molecule has 0 amide bonds. The van der Waals surface area contributed by atoms with Gasteiger partial charge in [0, 0.05) is 19.3 Å². The molecule has 1 aliphatic carbocycles. The summed E-state index contributed by atoms with van der Waals surface area (Å²) in [5, 5.41) is 0. The Bertz CT molecular complexity index is 265. The van der Waals surface area contributed by atoms with E-state index in [-0.39, 0.29) is 30.7 Å². The number of carbonyl (C=O) groups excluding carboxylic acids is 1. The first-order valence-electron chi connectivity index (χ1n) is 5.88. The van der Waals surface area contributed by atoms with Crippen LogP contribution in [0.25, 0.3) is 0 Å². The smallest absolute Gasteiger partial charge is 0.314 e. The first-order valence-corrected chi connectivity index (χ1v) is 5.88. The van der Waals surface area contributed by atoms with Crippen molar-refractivity contribution >= 4 is 5.97 Å². The van der Waals surface area contributed by atoms with Crippen molar-refractivity contribution in [3.63, 3.8) is 0 Å². The summed E-state index contributed by atoms with van der Waals surface area (Å²) in [7, 11) is 0. The molecule has 0 aromatic heterocycles. The number of esters is 1. The highest BCUT2D eigenvalue weighted by atomic mass is 16.9. The molecule has 0 atom stereocenters. The van der Waals surface area contributed by atoms with Gasteiger partial charge in [0.25, 0.3) is 5.97 Å². The predicted octanol–water partition coefficient (Wildman–Crippen LogP) is 0.960. The Balaban J connectivity index is 1.71. The maximum absolute atomic E-state index is 11.5. The van der Waals surface area contributed by atoms with Crippen molar-refractivity contribution in [1.82, 2.24) is 0 Å². The van der Waals surface area contributed by atoms with Gasteiger partial charge in [-0.3, -0.25) is 4.79 Å². The standard InChI is InChI=1S/C11H16O5/c1-2-13-10(12)6-11-14-7-3-8(15-11)5-9(4-7)16-11/h7-9H,2-6H2,1H3. The minimum absolute atomic E-state index is 0.0321. The summed E-state index contributed by atoms with van der Waals surface area (Å²) >= 11 is 0. The van der Waals surface area contributed by atoms with Gasteiger partial charge < -0.3 is 18.9 Å². The minimum Gasteiger partial charge on any atom is -0.466 e. The van der Waals surface area contributed by atoms with Crippen molar-refractivity contribution in [2.45, 2.75) is 56.9 Å². The van der Waals surface area contributed by atoms with Crippen LogP contribution < -0.4 is 0 Å². The average Bonchev–Trinajstić information content (AvgIpc) is 2.13. The Morgan fingerprint density at radius 3 is 2.12 bits per heavy atom. The topological polar surface area (TPSA) is 54.0 Å². The molecular weight excluding hydrogens is 212 g/mol. The van der Waals surface area contributed by atoms with Gasteiger partial charge in [-0.05, 0) is 6.92 Å². The summed E-state index contributed by atoms with van der Waals surface area (Å²) in [4.78, 5) is 11.5. The van der Waals surface area contributed by atoms with Crippen LogP contribution in [0, 0.1) is 0 Å². The number of rotatable bonds is 3. The lowest BCUT2D eigenvalue weighted by molar-refractivity contribution is -0.492. The van der Waals surface area contributed by atoms with Crippen LogP contribution in [0.3, 0.4) is 0 Å². The van der Waals surface area contributed by atoms with Crippen LogP contribution in [0.5, 0.6) is 0 Å². The fourth-order valence-electron chi connectivity index (χ4n) is 2.82. The van der Waals surface area contributed by atoms with Gasteiger partial charge >= 0.3 is 5.97 Å². The van der Waals surface area contributed by atoms with E-state index in [2.05, 4.69) is 0 Å². The van der Waals surface area contributed by atoms with Crippen molar-refractivity contribution in [2.24, 2.45) is 0 Å². The fourth-order valence-corrected chi connectivity index (χ4v) is 2.82. The van der Waals surface area contributed by atoms with E-state index in [1.165, 1.54) is 0 Å². The molecule has 0 aromatic carbocycles. The Morgan fingerprint density at radius 1 is 1.19 bits per heavy atom. The summed E-state index contributed by atoms with van der Waals surface area (Å²) in [5.74, 6) is -1.48. The van der Waals surface area contributed by atoms with Crippen LogP contribution >= 0.6 is 0 Å². The van der Waals surface area contributed by atoms with Crippen molar-refractivity contribution in [1.29, 1.82) is 0 Å². The second kappa shape index (κ2) is 3.68. The first-order chi connectivity index (χ1) is 7.69. The highest BCUT2D eigenvalue weighted by Crippen LogP contribution is 2.46. The van der Waals surface area contributed by atoms with Gasteiger partial charge in [-0.1, -0.05) is 0 Å². The maximum atomic E-state index is 11.5. The third-order valence-corrected chi connectivity index (χ3v) is 3.28. The molecule has 1 saturated carbocycles.